The number of hydrogen-bond donors (Lipinski definition) is 1. The second-order valence-corrected chi connectivity index (χ2v) is 9.89. The quantitative estimate of drug-likeness (QED) is 0.303. The van der Waals surface area contributed by atoms with Crippen molar-refractivity contribution in [1.82, 2.24) is 0 Å². The van der Waals surface area contributed by atoms with Crippen LogP contribution in [-0.2, 0) is 12.6 Å². The fraction of sp³-hybridized carbons (Fsp3) is 0.172. The van der Waals surface area contributed by atoms with Gasteiger partial charge in [0, 0.05) is 0 Å². The van der Waals surface area contributed by atoms with Crippen molar-refractivity contribution in [2.45, 2.75) is 26.4 Å². The molecule has 0 spiro atoms. The summed E-state index contributed by atoms with van der Waals surface area (Å²) in [6.07, 6.45) is 1.80. The number of hydrogen-bond acceptors (Lipinski definition) is 1. The largest absolute Gasteiger partial charge is 0.507 e. The Labute approximate surface area is 195 Å². The van der Waals surface area contributed by atoms with Crippen LogP contribution < -0.4 is 5.30 Å². The van der Waals surface area contributed by atoms with E-state index in [4.69, 9.17) is 0 Å². The number of aromatic hydroxyl groups is 1. The predicted molar refractivity (Wildman–Crippen MR) is 145 cm³/mol. The van der Waals surface area contributed by atoms with Gasteiger partial charge in [-0.3, -0.25) is 0 Å². The van der Waals surface area contributed by atoms with Crippen LogP contribution in [0.25, 0.3) is 22.3 Å². The molecule has 162 valence electrons. The van der Waals surface area contributed by atoms with Gasteiger partial charge in [-0.05, 0) is 94.5 Å². The number of aryl methyl sites for hydroxylation is 2. The van der Waals surface area contributed by atoms with Gasteiger partial charge in [-0.25, -0.2) is 0 Å². The second-order valence-electron chi connectivity index (χ2n) is 8.40. The first-order chi connectivity index (χ1) is 15.5. The maximum atomic E-state index is 10.2. The lowest BCUT2D eigenvalue weighted by Crippen LogP contribution is -1.95. The second kappa shape index (κ2) is 9.99. The third-order valence-corrected chi connectivity index (χ3v) is 7.36. The van der Waals surface area contributed by atoms with E-state index in [0.29, 0.717) is 5.75 Å². The molecule has 1 nitrogen and oxygen atoms in total. The molecule has 2 atom stereocenters. The summed E-state index contributed by atoms with van der Waals surface area (Å²) < 4.78 is 0. The van der Waals surface area contributed by atoms with E-state index in [9.17, 15) is 5.11 Å². The van der Waals surface area contributed by atoms with Crippen LogP contribution in [0.5, 0.6) is 5.75 Å². The smallest absolute Gasteiger partial charge is 0.121 e. The van der Waals surface area contributed by atoms with Gasteiger partial charge < -0.3 is 5.11 Å². The molecule has 2 unspecified atom stereocenters. The zero-order valence-corrected chi connectivity index (χ0v) is 21.1. The highest BCUT2D eigenvalue weighted by molar-refractivity contribution is 7.46. The highest BCUT2D eigenvalue weighted by Crippen LogP contribution is 2.31. The molecule has 0 radical (unpaired) electrons. The van der Waals surface area contributed by atoms with E-state index in [1.165, 1.54) is 44.2 Å². The molecule has 4 aromatic rings. The van der Waals surface area contributed by atoms with Crippen LogP contribution in [0.3, 0.4) is 0 Å². The first kappa shape index (κ1) is 22.7. The van der Waals surface area contributed by atoms with E-state index in [-0.39, 0.29) is 0 Å². The topological polar surface area (TPSA) is 20.2 Å². The molecule has 0 heterocycles. The van der Waals surface area contributed by atoms with E-state index in [1.54, 1.807) is 0 Å². The predicted octanol–water partition coefficient (Wildman–Crippen LogP) is 7.24. The van der Waals surface area contributed by atoms with Crippen molar-refractivity contribution in [3.63, 3.8) is 0 Å². The molecule has 0 aliphatic carbocycles. The van der Waals surface area contributed by atoms with E-state index in [2.05, 4.69) is 94.8 Å². The number of phenolic OH excluding ortho intramolecular Hbond substituents is 1. The summed E-state index contributed by atoms with van der Waals surface area (Å²) in [5.41, 5.74) is 10.6. The lowest BCUT2D eigenvalue weighted by molar-refractivity contribution is 0.466. The van der Waals surface area contributed by atoms with E-state index >= 15 is 0 Å². The van der Waals surface area contributed by atoms with Gasteiger partial charge in [-0.1, -0.05) is 81.4 Å². The molecule has 0 bridgehead atoms. The maximum absolute atomic E-state index is 10.2. The molecule has 0 aliphatic rings. The minimum atomic E-state index is 0.397. The fourth-order valence-electron chi connectivity index (χ4n) is 4.17. The van der Waals surface area contributed by atoms with Crippen molar-refractivity contribution in [3.05, 3.63) is 107 Å². The SMILES string of the molecule is CPc1ccc(-c2cc(Cc3cc(C)c(O)c(C)c3)cc(-c3ccc(CP)cc3)c2)cc1. The van der Waals surface area contributed by atoms with Crippen LogP contribution in [0, 0.1) is 13.8 Å². The Balaban J connectivity index is 1.78. The van der Waals surface area contributed by atoms with Gasteiger partial charge >= 0.3 is 0 Å². The minimum Gasteiger partial charge on any atom is -0.507 e. The molecule has 4 aromatic carbocycles. The van der Waals surface area contributed by atoms with Crippen molar-refractivity contribution in [3.8, 4) is 28.0 Å². The molecule has 0 aliphatic heterocycles. The van der Waals surface area contributed by atoms with Crippen LogP contribution in [0.4, 0.5) is 0 Å². The number of rotatable bonds is 6. The summed E-state index contributed by atoms with van der Waals surface area (Å²) in [6.45, 7) is 6.15. The molecule has 32 heavy (non-hydrogen) atoms. The molecule has 0 amide bonds. The van der Waals surface area contributed by atoms with Gasteiger partial charge in [0.1, 0.15) is 5.75 Å². The Hall–Kier alpha value is -2.46. The molecular formula is C29H30OP2. The summed E-state index contributed by atoms with van der Waals surface area (Å²) in [7, 11) is 3.60. The summed E-state index contributed by atoms with van der Waals surface area (Å²) in [4.78, 5) is 0. The van der Waals surface area contributed by atoms with Crippen LogP contribution in [0.1, 0.15) is 27.8 Å². The van der Waals surface area contributed by atoms with Crippen molar-refractivity contribution in [2.75, 3.05) is 6.66 Å². The Kier molecular flexibility index (Phi) is 7.10. The lowest BCUT2D eigenvalue weighted by atomic mass is 9.92. The summed E-state index contributed by atoms with van der Waals surface area (Å²) in [5, 5.41) is 11.5. The molecule has 0 fully saturated rings. The zero-order chi connectivity index (χ0) is 22.7. The van der Waals surface area contributed by atoms with Crippen LogP contribution in [0.2, 0.25) is 0 Å². The molecule has 0 saturated carbocycles. The fourth-order valence-corrected chi connectivity index (χ4v) is 4.95. The Bertz CT molecular complexity index is 1140. The minimum absolute atomic E-state index is 0.397. The number of benzene rings is 4. The Morgan fingerprint density at radius 3 is 1.66 bits per heavy atom. The zero-order valence-electron chi connectivity index (χ0n) is 18.9. The van der Waals surface area contributed by atoms with Gasteiger partial charge in [0.05, 0.1) is 0 Å². The van der Waals surface area contributed by atoms with Gasteiger partial charge in [0.2, 0.25) is 0 Å². The maximum Gasteiger partial charge on any atom is 0.121 e. The van der Waals surface area contributed by atoms with Gasteiger partial charge in [0.25, 0.3) is 0 Å². The normalized spacial score (nSPS) is 11.4. The van der Waals surface area contributed by atoms with Crippen molar-refractivity contribution in [1.29, 1.82) is 0 Å². The van der Waals surface area contributed by atoms with E-state index in [1.807, 2.05) is 13.8 Å². The highest BCUT2D eigenvalue weighted by atomic mass is 31.1. The molecule has 4 rings (SSSR count). The monoisotopic (exact) mass is 456 g/mol. The summed E-state index contributed by atoms with van der Waals surface area (Å²) in [5.74, 6) is 0.397. The van der Waals surface area contributed by atoms with Crippen molar-refractivity contribution in [2.24, 2.45) is 0 Å². The molecule has 1 N–H and O–H groups in total. The Morgan fingerprint density at radius 2 is 1.16 bits per heavy atom. The average molecular weight is 457 g/mol. The Morgan fingerprint density at radius 1 is 0.656 bits per heavy atom. The molecular weight excluding hydrogens is 426 g/mol. The van der Waals surface area contributed by atoms with Gasteiger partial charge in [-0.2, -0.15) is 0 Å². The van der Waals surface area contributed by atoms with Crippen LogP contribution in [-0.4, -0.2) is 11.8 Å². The highest BCUT2D eigenvalue weighted by Gasteiger charge is 2.09. The summed E-state index contributed by atoms with van der Waals surface area (Å²) >= 11 is 0. The van der Waals surface area contributed by atoms with Crippen LogP contribution in [0.15, 0.2) is 78.9 Å². The van der Waals surface area contributed by atoms with E-state index in [0.717, 1.165) is 32.3 Å². The number of phenols is 1. The van der Waals surface area contributed by atoms with E-state index < -0.39 is 0 Å². The van der Waals surface area contributed by atoms with Gasteiger partial charge in [-0.15, -0.1) is 9.24 Å². The average Bonchev–Trinajstić information content (AvgIpc) is 2.82. The molecule has 3 heteroatoms. The molecule has 0 aromatic heterocycles. The van der Waals surface area contributed by atoms with Crippen LogP contribution >= 0.6 is 17.8 Å². The molecule has 0 saturated heterocycles. The first-order valence-electron chi connectivity index (χ1n) is 11.0. The first-order valence-corrected chi connectivity index (χ1v) is 13.3. The summed E-state index contributed by atoms with van der Waals surface area (Å²) in [6, 6.07) is 28.9. The van der Waals surface area contributed by atoms with Crippen molar-refractivity contribution < 1.29 is 5.11 Å². The standard InChI is InChI=1S/C29H30OP2/c1-19-12-22(13-20(2)29(19)30)14-23-15-26(24-6-4-21(18-31)5-7-24)17-27(16-23)25-8-10-28(32-3)11-9-25/h4-13,15-17,30,32H,14,18,31H2,1-3H3. The van der Waals surface area contributed by atoms with Gasteiger partial charge in [0.15, 0.2) is 0 Å². The third kappa shape index (κ3) is 5.12. The van der Waals surface area contributed by atoms with Crippen molar-refractivity contribution >= 4 is 23.1 Å². The third-order valence-electron chi connectivity index (χ3n) is 5.98. The lowest BCUT2D eigenvalue weighted by Gasteiger charge is -2.13.